The van der Waals surface area contributed by atoms with Crippen LogP contribution < -0.4 is 5.32 Å². The van der Waals surface area contributed by atoms with E-state index in [-0.39, 0.29) is 5.56 Å². The Balaban J connectivity index is 2.13. The Bertz CT molecular complexity index is 796. The van der Waals surface area contributed by atoms with Gasteiger partial charge in [0.15, 0.2) is 0 Å². The van der Waals surface area contributed by atoms with E-state index in [1.54, 1.807) is 19.1 Å². The maximum atomic E-state index is 13.5. The van der Waals surface area contributed by atoms with Crippen molar-refractivity contribution < 1.29 is 23.1 Å². The van der Waals surface area contributed by atoms with Crippen molar-refractivity contribution in [2.45, 2.75) is 6.92 Å². The van der Waals surface area contributed by atoms with Gasteiger partial charge in [0.05, 0.1) is 12.7 Å². The molecule has 0 saturated heterocycles. The van der Waals surface area contributed by atoms with Crippen LogP contribution in [0.5, 0.6) is 0 Å². The predicted molar refractivity (Wildman–Crippen MR) is 86.5 cm³/mol. The van der Waals surface area contributed by atoms with E-state index in [1.807, 2.05) is 0 Å². The molecular formula is C18H15F2NO3. The van der Waals surface area contributed by atoms with Gasteiger partial charge in [0, 0.05) is 17.3 Å². The quantitative estimate of drug-likeness (QED) is 0.686. The topological polar surface area (TPSA) is 55.4 Å². The highest BCUT2D eigenvalue weighted by molar-refractivity contribution is 6.02. The SMILES string of the molecule is COC(=O)c1ccc(NC(=O)/C=C/c2c(F)cccc2F)c(C)c1. The number of esters is 1. The number of aryl methyl sites for hydroxylation is 1. The van der Waals surface area contributed by atoms with Crippen molar-refractivity contribution >= 4 is 23.6 Å². The molecule has 1 N–H and O–H groups in total. The van der Waals surface area contributed by atoms with Gasteiger partial charge in [-0.2, -0.15) is 0 Å². The van der Waals surface area contributed by atoms with Gasteiger partial charge < -0.3 is 10.1 Å². The lowest BCUT2D eigenvalue weighted by molar-refractivity contribution is -0.111. The third-order valence-corrected chi connectivity index (χ3v) is 3.31. The van der Waals surface area contributed by atoms with Gasteiger partial charge in [0.1, 0.15) is 11.6 Å². The second-order valence-electron chi connectivity index (χ2n) is 4.98. The van der Waals surface area contributed by atoms with Crippen molar-refractivity contribution in [3.63, 3.8) is 0 Å². The fraction of sp³-hybridized carbons (Fsp3) is 0.111. The van der Waals surface area contributed by atoms with Crippen LogP contribution in [-0.2, 0) is 9.53 Å². The summed E-state index contributed by atoms with van der Waals surface area (Å²) < 4.78 is 31.6. The first-order valence-corrected chi connectivity index (χ1v) is 7.04. The smallest absolute Gasteiger partial charge is 0.337 e. The summed E-state index contributed by atoms with van der Waals surface area (Å²) in [5.41, 5.74) is 1.20. The summed E-state index contributed by atoms with van der Waals surface area (Å²) >= 11 is 0. The van der Waals surface area contributed by atoms with Gasteiger partial charge in [-0.1, -0.05) is 6.07 Å². The van der Waals surface area contributed by atoms with E-state index in [2.05, 4.69) is 10.1 Å². The fourth-order valence-corrected chi connectivity index (χ4v) is 2.05. The summed E-state index contributed by atoms with van der Waals surface area (Å²) in [6, 6.07) is 8.09. The molecule has 0 aliphatic carbocycles. The van der Waals surface area contributed by atoms with Crippen molar-refractivity contribution in [1.29, 1.82) is 0 Å². The first kappa shape index (κ1) is 17.3. The standard InChI is InChI=1S/C18H15F2NO3/c1-11-10-12(18(23)24-2)6-8-16(11)21-17(22)9-7-13-14(19)4-3-5-15(13)20/h3-10H,1-2H3,(H,21,22)/b9-7+. The van der Waals surface area contributed by atoms with Crippen LogP contribution in [0.2, 0.25) is 0 Å². The van der Waals surface area contributed by atoms with Crippen molar-refractivity contribution in [2.75, 3.05) is 12.4 Å². The molecule has 0 saturated carbocycles. The first-order chi connectivity index (χ1) is 11.4. The van der Waals surface area contributed by atoms with E-state index >= 15 is 0 Å². The van der Waals surface area contributed by atoms with Crippen molar-refractivity contribution in [3.8, 4) is 0 Å². The molecule has 2 aromatic carbocycles. The van der Waals surface area contributed by atoms with Gasteiger partial charge in [-0.15, -0.1) is 0 Å². The van der Waals surface area contributed by atoms with E-state index < -0.39 is 23.5 Å². The van der Waals surface area contributed by atoms with Crippen LogP contribution in [0, 0.1) is 18.6 Å². The number of amides is 1. The molecule has 0 radical (unpaired) electrons. The van der Waals surface area contributed by atoms with Crippen LogP contribution in [0.3, 0.4) is 0 Å². The number of carbonyl (C=O) groups is 2. The van der Waals surface area contributed by atoms with Crippen molar-refractivity contribution in [3.05, 3.63) is 70.8 Å². The molecule has 124 valence electrons. The molecule has 0 aliphatic rings. The largest absolute Gasteiger partial charge is 0.465 e. The van der Waals surface area contributed by atoms with E-state index in [0.29, 0.717) is 16.8 Å². The molecule has 0 atom stereocenters. The predicted octanol–water partition coefficient (Wildman–Crippen LogP) is 3.71. The van der Waals surface area contributed by atoms with Crippen molar-refractivity contribution in [2.24, 2.45) is 0 Å². The number of ether oxygens (including phenoxy) is 1. The summed E-state index contributed by atoms with van der Waals surface area (Å²) in [4.78, 5) is 23.3. The number of benzene rings is 2. The monoisotopic (exact) mass is 331 g/mol. The van der Waals surface area contributed by atoms with Gasteiger partial charge in [0.2, 0.25) is 5.91 Å². The molecule has 4 nitrogen and oxygen atoms in total. The molecule has 0 fully saturated rings. The molecule has 2 aromatic rings. The Labute approximate surface area is 137 Å². The van der Waals surface area contributed by atoms with Gasteiger partial charge in [0.25, 0.3) is 0 Å². The lowest BCUT2D eigenvalue weighted by atomic mass is 10.1. The average Bonchev–Trinajstić information content (AvgIpc) is 2.55. The highest BCUT2D eigenvalue weighted by Gasteiger charge is 2.09. The van der Waals surface area contributed by atoms with E-state index in [9.17, 15) is 18.4 Å². The van der Waals surface area contributed by atoms with Crippen LogP contribution >= 0.6 is 0 Å². The van der Waals surface area contributed by atoms with Crippen LogP contribution in [0.1, 0.15) is 21.5 Å². The van der Waals surface area contributed by atoms with Gasteiger partial charge in [-0.25, -0.2) is 13.6 Å². The molecule has 0 heterocycles. The number of nitrogens with one attached hydrogen (secondary N) is 1. The molecule has 2 rings (SSSR count). The second kappa shape index (κ2) is 7.50. The molecule has 0 aromatic heterocycles. The van der Waals surface area contributed by atoms with E-state index in [0.717, 1.165) is 24.3 Å². The van der Waals surface area contributed by atoms with Crippen LogP contribution in [0.25, 0.3) is 6.08 Å². The second-order valence-corrected chi connectivity index (χ2v) is 4.98. The highest BCUT2D eigenvalue weighted by Crippen LogP contribution is 2.18. The number of carbonyl (C=O) groups excluding carboxylic acids is 2. The molecule has 6 heteroatoms. The number of hydrogen-bond acceptors (Lipinski definition) is 3. The summed E-state index contributed by atoms with van der Waals surface area (Å²) in [7, 11) is 1.28. The lowest BCUT2D eigenvalue weighted by Crippen LogP contribution is -2.10. The summed E-state index contributed by atoms with van der Waals surface area (Å²) in [5.74, 6) is -2.53. The Morgan fingerprint density at radius 3 is 2.38 bits per heavy atom. The van der Waals surface area contributed by atoms with Crippen LogP contribution in [0.4, 0.5) is 14.5 Å². The van der Waals surface area contributed by atoms with Crippen LogP contribution in [0.15, 0.2) is 42.5 Å². The molecule has 0 spiro atoms. The normalized spacial score (nSPS) is 10.7. The molecule has 0 aliphatic heterocycles. The molecule has 0 unspecified atom stereocenters. The van der Waals surface area contributed by atoms with Crippen molar-refractivity contribution in [1.82, 2.24) is 0 Å². The fourth-order valence-electron chi connectivity index (χ4n) is 2.05. The van der Waals surface area contributed by atoms with Gasteiger partial charge in [-0.3, -0.25) is 4.79 Å². The Kier molecular flexibility index (Phi) is 5.42. The minimum Gasteiger partial charge on any atom is -0.465 e. The number of hydrogen-bond donors (Lipinski definition) is 1. The van der Waals surface area contributed by atoms with Crippen LogP contribution in [-0.4, -0.2) is 19.0 Å². The average molecular weight is 331 g/mol. The van der Waals surface area contributed by atoms with Gasteiger partial charge in [-0.05, 0) is 48.9 Å². The zero-order chi connectivity index (χ0) is 17.7. The maximum Gasteiger partial charge on any atom is 0.337 e. The minimum absolute atomic E-state index is 0.287. The summed E-state index contributed by atoms with van der Waals surface area (Å²) in [6.45, 7) is 1.71. The third kappa shape index (κ3) is 4.04. The Hall–Kier alpha value is -3.02. The lowest BCUT2D eigenvalue weighted by Gasteiger charge is -2.08. The minimum atomic E-state index is -0.752. The first-order valence-electron chi connectivity index (χ1n) is 7.04. The maximum absolute atomic E-state index is 13.5. The molecule has 24 heavy (non-hydrogen) atoms. The number of methoxy groups -OCH3 is 1. The number of anilines is 1. The van der Waals surface area contributed by atoms with E-state index in [1.165, 1.54) is 19.2 Å². The molecule has 0 bridgehead atoms. The highest BCUT2D eigenvalue weighted by atomic mass is 19.1. The molecular weight excluding hydrogens is 316 g/mol. The van der Waals surface area contributed by atoms with E-state index in [4.69, 9.17) is 0 Å². The third-order valence-electron chi connectivity index (χ3n) is 3.31. The zero-order valence-corrected chi connectivity index (χ0v) is 13.1. The summed E-state index contributed by atoms with van der Waals surface area (Å²) in [5, 5.41) is 2.58. The Morgan fingerprint density at radius 2 is 1.79 bits per heavy atom. The Morgan fingerprint density at radius 1 is 1.12 bits per heavy atom. The zero-order valence-electron chi connectivity index (χ0n) is 13.1. The number of rotatable bonds is 4. The number of halogens is 2. The summed E-state index contributed by atoms with van der Waals surface area (Å²) in [6.07, 6.45) is 2.10. The molecule has 1 amide bonds. The van der Waals surface area contributed by atoms with Gasteiger partial charge >= 0.3 is 5.97 Å².